The molecule has 0 aromatic rings. The van der Waals surface area contributed by atoms with Crippen molar-refractivity contribution in [2.24, 2.45) is 11.8 Å². The zero-order chi connectivity index (χ0) is 25.0. The highest BCUT2D eigenvalue weighted by Crippen LogP contribution is 2.45. The lowest BCUT2D eigenvalue weighted by atomic mass is 10.1. The molecule has 198 valence electrons. The number of hydrogen-bond acceptors (Lipinski definition) is 8. The lowest BCUT2D eigenvalue weighted by molar-refractivity contribution is -0.164. The Morgan fingerprint density at radius 1 is 0.882 bits per heavy atom. The van der Waals surface area contributed by atoms with E-state index in [2.05, 4.69) is 17.3 Å². The van der Waals surface area contributed by atoms with E-state index in [1.807, 2.05) is 19.9 Å². The van der Waals surface area contributed by atoms with Gasteiger partial charge in [-0.05, 0) is 40.5 Å². The molecule has 12 heteroatoms. The summed E-state index contributed by atoms with van der Waals surface area (Å²) in [4.78, 5) is 0. The van der Waals surface area contributed by atoms with Crippen molar-refractivity contribution < 1.29 is 49.8 Å². The van der Waals surface area contributed by atoms with Crippen LogP contribution in [0.5, 0.6) is 0 Å². The molecule has 2 saturated carbocycles. The Morgan fingerprint density at radius 3 is 1.76 bits per heavy atom. The van der Waals surface area contributed by atoms with Crippen LogP contribution in [0.2, 0.25) is 0 Å². The number of fused-ring (bicyclic) bond motifs is 2. The maximum atomic E-state index is 12.4. The topological polar surface area (TPSA) is 101 Å². The third-order valence-electron chi connectivity index (χ3n) is 6.07. The first-order valence-electron chi connectivity index (χ1n) is 10.6. The monoisotopic (exact) mass is 516 g/mol. The predicted octanol–water partition coefficient (Wildman–Crippen LogP) is 3.66. The summed E-state index contributed by atoms with van der Waals surface area (Å²) in [6.07, 6.45) is 0.844. The van der Waals surface area contributed by atoms with E-state index in [1.54, 1.807) is 13.8 Å². The molecule has 4 aliphatic rings. The van der Waals surface area contributed by atoms with Gasteiger partial charge in [0.2, 0.25) is 0 Å². The molecule has 2 aliphatic carbocycles. The smallest absolute Gasteiger partial charge is 0.390 e. The minimum absolute atomic E-state index is 0. The maximum absolute atomic E-state index is 12.4. The van der Waals surface area contributed by atoms with Crippen LogP contribution in [-0.4, -0.2) is 67.2 Å². The number of rotatable bonds is 4. The number of ether oxygens (including phenoxy) is 4. The highest BCUT2D eigenvalue weighted by Gasteiger charge is 2.58. The van der Waals surface area contributed by atoms with Crippen LogP contribution in [0, 0.1) is 11.8 Å². The summed E-state index contributed by atoms with van der Waals surface area (Å²) in [6, 6.07) is 0. The molecule has 0 amide bonds. The number of alkyl halides is 3. The Bertz CT molecular complexity index is 857. The molecule has 34 heavy (non-hydrogen) atoms. The van der Waals surface area contributed by atoms with Gasteiger partial charge in [0.15, 0.2) is 11.6 Å². The second-order valence-corrected chi connectivity index (χ2v) is 11.1. The lowest BCUT2D eigenvalue weighted by Gasteiger charge is -2.22. The van der Waals surface area contributed by atoms with Crippen molar-refractivity contribution >= 4 is 10.1 Å². The number of halogens is 3. The fourth-order valence-corrected chi connectivity index (χ4v) is 5.36. The van der Waals surface area contributed by atoms with Crippen LogP contribution in [0.4, 0.5) is 13.2 Å². The van der Waals surface area contributed by atoms with E-state index in [4.69, 9.17) is 18.9 Å². The zero-order valence-corrected chi connectivity index (χ0v) is 19.8. The minimum Gasteiger partial charge on any atom is -0.390 e. The van der Waals surface area contributed by atoms with Gasteiger partial charge in [0.1, 0.15) is 18.3 Å². The van der Waals surface area contributed by atoms with Gasteiger partial charge < -0.3 is 24.1 Å². The number of hydrogen-bond donors (Lipinski definition) is 1. The third kappa shape index (κ3) is 5.85. The Labute approximate surface area is 199 Å². The Balaban J connectivity index is 0.000000253. The van der Waals surface area contributed by atoms with Gasteiger partial charge in [0, 0.05) is 11.8 Å². The molecule has 0 spiro atoms. The van der Waals surface area contributed by atoms with Crippen molar-refractivity contribution in [2.75, 3.05) is 0 Å². The van der Waals surface area contributed by atoms with Gasteiger partial charge in [-0.3, -0.25) is 4.18 Å². The molecule has 2 heterocycles. The summed E-state index contributed by atoms with van der Waals surface area (Å²) in [7, 11) is -5.66. The second-order valence-electron chi connectivity index (χ2n) is 9.50. The summed E-state index contributed by atoms with van der Waals surface area (Å²) >= 11 is 0. The minimum atomic E-state index is -5.66. The van der Waals surface area contributed by atoms with Crippen LogP contribution in [0.3, 0.4) is 0 Å². The van der Waals surface area contributed by atoms with E-state index >= 15 is 0 Å². The molecule has 2 saturated heterocycles. The molecule has 0 radical (unpaired) electrons. The molecule has 0 aromatic heterocycles. The summed E-state index contributed by atoms with van der Waals surface area (Å²) in [5, 5.41) is 9.68. The maximum Gasteiger partial charge on any atom is 0.523 e. The normalized spacial score (nSPS) is 39.9. The molecule has 2 aliphatic heterocycles. The Morgan fingerprint density at radius 2 is 1.29 bits per heavy atom. The van der Waals surface area contributed by atoms with Crippen molar-refractivity contribution in [3.63, 3.8) is 0 Å². The summed E-state index contributed by atoms with van der Waals surface area (Å²) < 4.78 is 85.8. The Hall–Kier alpha value is -1.02. The van der Waals surface area contributed by atoms with E-state index in [0.29, 0.717) is 6.42 Å². The molecule has 4 fully saturated rings. The van der Waals surface area contributed by atoms with Gasteiger partial charge in [-0.2, -0.15) is 21.6 Å². The van der Waals surface area contributed by atoms with Gasteiger partial charge in [-0.1, -0.05) is 19.6 Å². The molecule has 4 rings (SSSR count). The molecular weight excluding hydrogens is 481 g/mol. The van der Waals surface area contributed by atoms with Crippen molar-refractivity contribution in [1.29, 1.82) is 0 Å². The Kier molecular flexibility index (Phi) is 8.42. The standard InChI is InChI=1S/C11H15F3O5S.C10H16O3.CH4/c1-4-6-5-7(19-20(15,16)11(12,13)14)9-8(6)17-10(2,3)18-9;1-4-6-5-7(11)9-8(6)12-10(2,3)13-9;/h4,6-9H,1,5H2,2-3H3;4,6-9,11H,1,5H2,2-3H3;1H4/t2*6-,7-,8+,9-;/m00./s1. The molecule has 0 unspecified atom stereocenters. The van der Waals surface area contributed by atoms with Crippen LogP contribution < -0.4 is 0 Å². The quantitative estimate of drug-likeness (QED) is 0.343. The second kappa shape index (κ2) is 9.79. The first-order chi connectivity index (χ1) is 15.0. The average Bonchev–Trinajstić information content (AvgIpc) is 3.33. The van der Waals surface area contributed by atoms with E-state index < -0.39 is 51.6 Å². The summed E-state index contributed by atoms with van der Waals surface area (Å²) in [5.41, 5.74) is -5.45. The van der Waals surface area contributed by atoms with Crippen LogP contribution >= 0.6 is 0 Å². The van der Waals surface area contributed by atoms with Crippen LogP contribution in [0.15, 0.2) is 25.3 Å². The molecule has 8 nitrogen and oxygen atoms in total. The van der Waals surface area contributed by atoms with Crippen molar-refractivity contribution in [3.05, 3.63) is 25.3 Å². The summed E-state index contributed by atoms with van der Waals surface area (Å²) in [5.74, 6) is -1.66. The van der Waals surface area contributed by atoms with E-state index in [-0.39, 0.29) is 37.9 Å². The fourth-order valence-electron chi connectivity index (χ4n) is 4.74. The highest BCUT2D eigenvalue weighted by molar-refractivity contribution is 7.87. The van der Waals surface area contributed by atoms with Crippen LogP contribution in [0.1, 0.15) is 48.0 Å². The molecule has 8 atom stereocenters. The fraction of sp³-hybridized carbons (Fsp3) is 0.818. The van der Waals surface area contributed by atoms with E-state index in [1.165, 1.54) is 6.08 Å². The first kappa shape index (κ1) is 29.2. The van der Waals surface area contributed by atoms with Gasteiger partial charge in [0.25, 0.3) is 0 Å². The average molecular weight is 517 g/mol. The van der Waals surface area contributed by atoms with Crippen molar-refractivity contribution in [1.82, 2.24) is 0 Å². The SMILES string of the molecule is C.C=C[C@H]1C[C@H](O)[C@@H]2OC(C)(C)O[C@@H]21.C=C[C@H]1C[C@H](OS(=O)(=O)C(F)(F)F)[C@@H]2OC(C)(C)O[C@@H]21. The van der Waals surface area contributed by atoms with Crippen LogP contribution in [-0.2, 0) is 33.2 Å². The lowest BCUT2D eigenvalue weighted by Crippen LogP contribution is -2.36. The molecular formula is C22H35F3O8S. The number of aliphatic hydroxyl groups is 1. The highest BCUT2D eigenvalue weighted by atomic mass is 32.2. The largest absolute Gasteiger partial charge is 0.523 e. The first-order valence-corrected chi connectivity index (χ1v) is 12.0. The molecule has 0 aromatic carbocycles. The van der Waals surface area contributed by atoms with Gasteiger partial charge in [0.05, 0.1) is 18.3 Å². The van der Waals surface area contributed by atoms with E-state index in [0.717, 1.165) is 0 Å². The third-order valence-corrected chi connectivity index (χ3v) is 7.14. The zero-order valence-electron chi connectivity index (χ0n) is 18.9. The van der Waals surface area contributed by atoms with Crippen molar-refractivity contribution in [2.45, 2.75) is 102 Å². The molecule has 1 N–H and O–H groups in total. The van der Waals surface area contributed by atoms with Crippen molar-refractivity contribution in [3.8, 4) is 0 Å². The van der Waals surface area contributed by atoms with Gasteiger partial charge in [-0.15, -0.1) is 13.2 Å². The van der Waals surface area contributed by atoms with Gasteiger partial charge in [-0.25, -0.2) is 0 Å². The van der Waals surface area contributed by atoms with E-state index in [9.17, 15) is 26.7 Å². The van der Waals surface area contributed by atoms with Gasteiger partial charge >= 0.3 is 15.6 Å². The predicted molar refractivity (Wildman–Crippen MR) is 117 cm³/mol. The molecule has 0 bridgehead atoms. The van der Waals surface area contributed by atoms with Crippen LogP contribution in [0.25, 0.3) is 0 Å². The summed E-state index contributed by atoms with van der Waals surface area (Å²) in [6.45, 7) is 14.2. The number of aliphatic hydroxyl groups excluding tert-OH is 1.